The Kier molecular flexibility index (Phi) is 1.69. The first-order chi connectivity index (χ1) is 3.93. The maximum Gasteiger partial charge on any atom is 0.0697 e. The van der Waals surface area contributed by atoms with E-state index in [2.05, 4.69) is 12.1 Å². The molecule has 0 saturated heterocycles. The highest BCUT2D eigenvalue weighted by molar-refractivity contribution is 5.02. The minimum atomic E-state index is 0.212. The van der Waals surface area contributed by atoms with Gasteiger partial charge in [-0.25, -0.2) is 0 Å². The van der Waals surface area contributed by atoms with Crippen molar-refractivity contribution < 1.29 is 0 Å². The summed E-state index contributed by atoms with van der Waals surface area (Å²) in [6.45, 7) is 0. The Balaban J connectivity index is 2.46. The maximum absolute atomic E-state index is 8.39. The molecule has 0 unspecified atom stereocenters. The Morgan fingerprint density at radius 2 is 2.50 bits per heavy atom. The van der Waals surface area contributed by atoms with Gasteiger partial charge in [-0.15, -0.1) is 0 Å². The zero-order valence-corrected chi connectivity index (χ0v) is 4.80. The average Bonchev–Trinajstić information content (AvgIpc) is 1.90. The van der Waals surface area contributed by atoms with E-state index >= 15 is 0 Å². The van der Waals surface area contributed by atoms with Crippen LogP contribution in [0.25, 0.3) is 0 Å². The fourth-order valence-electron chi connectivity index (χ4n) is 0.920. The second kappa shape index (κ2) is 2.52. The first-order valence-electron chi connectivity index (χ1n) is 3.00. The molecule has 1 aliphatic carbocycles. The molecule has 0 aromatic rings. The average molecular weight is 107 g/mol. The molecule has 0 spiro atoms. The van der Waals surface area contributed by atoms with Crippen LogP contribution < -0.4 is 0 Å². The predicted octanol–water partition coefficient (Wildman–Crippen LogP) is 1.87. The van der Waals surface area contributed by atoms with Crippen molar-refractivity contribution in [1.82, 2.24) is 0 Å². The maximum atomic E-state index is 8.39. The second-order valence-electron chi connectivity index (χ2n) is 2.09. The number of allylic oxidation sites excluding steroid dienone is 2. The van der Waals surface area contributed by atoms with Crippen molar-refractivity contribution in [3.8, 4) is 6.07 Å². The van der Waals surface area contributed by atoms with E-state index in [0.29, 0.717) is 0 Å². The number of nitrogens with zero attached hydrogens (tertiary/aromatic N) is 1. The molecule has 42 valence electrons. The molecule has 1 aliphatic rings. The van der Waals surface area contributed by atoms with E-state index in [9.17, 15) is 0 Å². The number of hydrogen-bond acceptors (Lipinski definition) is 1. The van der Waals surface area contributed by atoms with Gasteiger partial charge in [0.25, 0.3) is 0 Å². The molecule has 1 heteroatoms. The monoisotopic (exact) mass is 107 g/mol. The summed E-state index contributed by atoms with van der Waals surface area (Å²) >= 11 is 0. The van der Waals surface area contributed by atoms with Gasteiger partial charge in [0.15, 0.2) is 0 Å². The van der Waals surface area contributed by atoms with Crippen LogP contribution in [0.2, 0.25) is 0 Å². The molecule has 8 heavy (non-hydrogen) atoms. The topological polar surface area (TPSA) is 23.8 Å². The van der Waals surface area contributed by atoms with Gasteiger partial charge in [0.1, 0.15) is 0 Å². The van der Waals surface area contributed by atoms with Crippen LogP contribution in [-0.2, 0) is 0 Å². The highest BCUT2D eigenvalue weighted by Gasteiger charge is 2.04. The van der Waals surface area contributed by atoms with Crippen LogP contribution in [-0.4, -0.2) is 0 Å². The smallest absolute Gasteiger partial charge is 0.0697 e. The normalized spacial score (nSPS) is 27.1. The Bertz CT molecular complexity index is 130. The number of rotatable bonds is 0. The highest BCUT2D eigenvalue weighted by Crippen LogP contribution is 2.14. The summed E-state index contributed by atoms with van der Waals surface area (Å²) in [7, 11) is 0. The summed E-state index contributed by atoms with van der Waals surface area (Å²) in [6, 6.07) is 2.22. The van der Waals surface area contributed by atoms with Gasteiger partial charge in [0.05, 0.1) is 12.0 Å². The van der Waals surface area contributed by atoms with E-state index in [1.54, 1.807) is 0 Å². The largest absolute Gasteiger partial charge is 0.198 e. The molecule has 0 saturated carbocycles. The first kappa shape index (κ1) is 5.37. The Morgan fingerprint density at radius 1 is 1.62 bits per heavy atom. The molecular formula is C7H9N. The van der Waals surface area contributed by atoms with E-state index in [-0.39, 0.29) is 5.92 Å². The Morgan fingerprint density at radius 3 is 2.88 bits per heavy atom. The van der Waals surface area contributed by atoms with Crippen LogP contribution in [0.1, 0.15) is 19.3 Å². The fourth-order valence-corrected chi connectivity index (χ4v) is 0.920. The van der Waals surface area contributed by atoms with Gasteiger partial charge in [-0.1, -0.05) is 12.2 Å². The minimum Gasteiger partial charge on any atom is -0.198 e. The number of nitriles is 1. The summed E-state index contributed by atoms with van der Waals surface area (Å²) in [6.07, 6.45) is 7.51. The summed E-state index contributed by atoms with van der Waals surface area (Å²) < 4.78 is 0. The van der Waals surface area contributed by atoms with E-state index in [1.165, 1.54) is 6.42 Å². The second-order valence-corrected chi connectivity index (χ2v) is 2.09. The van der Waals surface area contributed by atoms with Gasteiger partial charge in [-0.3, -0.25) is 0 Å². The molecule has 0 bridgehead atoms. The highest BCUT2D eigenvalue weighted by atomic mass is 14.3. The van der Waals surface area contributed by atoms with Crippen molar-refractivity contribution in [2.45, 2.75) is 19.3 Å². The van der Waals surface area contributed by atoms with Gasteiger partial charge >= 0.3 is 0 Å². The lowest BCUT2D eigenvalue weighted by Crippen LogP contribution is -1.95. The predicted molar refractivity (Wildman–Crippen MR) is 32.1 cm³/mol. The number of hydrogen-bond donors (Lipinski definition) is 0. The molecule has 0 aliphatic heterocycles. The summed E-state index contributed by atoms with van der Waals surface area (Å²) in [5, 5.41) is 8.39. The molecule has 0 radical (unpaired) electrons. The molecule has 1 rings (SSSR count). The van der Waals surface area contributed by atoms with Crippen LogP contribution in [0.4, 0.5) is 0 Å². The molecule has 1 nitrogen and oxygen atoms in total. The molecule has 0 aromatic heterocycles. The van der Waals surface area contributed by atoms with Gasteiger partial charge in [-0.2, -0.15) is 5.26 Å². The van der Waals surface area contributed by atoms with Gasteiger partial charge in [-0.05, 0) is 19.3 Å². The van der Waals surface area contributed by atoms with Crippen LogP contribution in [0, 0.1) is 17.2 Å². The third-order valence-electron chi connectivity index (χ3n) is 1.42. The van der Waals surface area contributed by atoms with Crippen molar-refractivity contribution in [2.24, 2.45) is 5.92 Å². The standard InChI is InChI=1S/C7H9N/c8-6-7-4-2-1-3-5-7/h2,4,7H,1,3,5H2/t7-/m0/s1. The van der Waals surface area contributed by atoms with Crippen molar-refractivity contribution in [3.63, 3.8) is 0 Å². The van der Waals surface area contributed by atoms with Crippen LogP contribution in [0.5, 0.6) is 0 Å². The molecule has 0 heterocycles. The Labute approximate surface area is 49.6 Å². The lowest BCUT2D eigenvalue weighted by atomic mass is 9.98. The zero-order valence-electron chi connectivity index (χ0n) is 4.80. The minimum absolute atomic E-state index is 0.212. The molecule has 0 N–H and O–H groups in total. The van der Waals surface area contributed by atoms with Gasteiger partial charge < -0.3 is 0 Å². The van der Waals surface area contributed by atoms with Crippen molar-refractivity contribution in [1.29, 1.82) is 5.26 Å². The zero-order chi connectivity index (χ0) is 5.82. The lowest BCUT2D eigenvalue weighted by Gasteiger charge is -2.05. The van der Waals surface area contributed by atoms with E-state index < -0.39 is 0 Å². The molecule has 1 atom stereocenters. The molecule has 0 fully saturated rings. The quantitative estimate of drug-likeness (QED) is 0.433. The summed E-state index contributed by atoms with van der Waals surface area (Å²) in [5.74, 6) is 0.212. The van der Waals surface area contributed by atoms with Crippen LogP contribution in [0.3, 0.4) is 0 Å². The van der Waals surface area contributed by atoms with Gasteiger partial charge in [0, 0.05) is 0 Å². The van der Waals surface area contributed by atoms with E-state index in [0.717, 1.165) is 12.8 Å². The van der Waals surface area contributed by atoms with Crippen molar-refractivity contribution >= 4 is 0 Å². The van der Waals surface area contributed by atoms with E-state index in [4.69, 9.17) is 5.26 Å². The molecular weight excluding hydrogens is 98.1 g/mol. The summed E-state index contributed by atoms with van der Waals surface area (Å²) in [4.78, 5) is 0. The van der Waals surface area contributed by atoms with Crippen LogP contribution in [0.15, 0.2) is 12.2 Å². The Hall–Kier alpha value is -0.770. The molecule has 0 amide bonds. The van der Waals surface area contributed by atoms with Crippen molar-refractivity contribution in [3.05, 3.63) is 12.2 Å². The third kappa shape index (κ3) is 1.10. The fraction of sp³-hybridized carbons (Fsp3) is 0.571. The summed E-state index contributed by atoms with van der Waals surface area (Å²) in [5.41, 5.74) is 0. The molecule has 0 aromatic carbocycles. The first-order valence-corrected chi connectivity index (χ1v) is 3.00. The SMILES string of the molecule is N#C[C@H]1C=CCCC1. The van der Waals surface area contributed by atoms with Crippen LogP contribution >= 0.6 is 0 Å². The lowest BCUT2D eigenvalue weighted by molar-refractivity contribution is 0.640. The third-order valence-corrected chi connectivity index (χ3v) is 1.42. The van der Waals surface area contributed by atoms with E-state index in [1.807, 2.05) is 6.08 Å². The van der Waals surface area contributed by atoms with Crippen molar-refractivity contribution in [2.75, 3.05) is 0 Å². The van der Waals surface area contributed by atoms with Gasteiger partial charge in [0.2, 0.25) is 0 Å².